The minimum Gasteiger partial charge on any atom is -0.444 e. The maximum Gasteiger partial charge on any atom is 0.123 e. The molecule has 24 heavy (non-hydrogen) atoms. The summed E-state index contributed by atoms with van der Waals surface area (Å²) in [7, 11) is 0. The van der Waals surface area contributed by atoms with Crippen LogP contribution in [0.15, 0.2) is 0 Å². The van der Waals surface area contributed by atoms with Crippen LogP contribution in [0.25, 0.3) is 0 Å². The first-order valence-corrected chi connectivity index (χ1v) is 10.6. The van der Waals surface area contributed by atoms with Gasteiger partial charge in [-0.3, -0.25) is 0 Å². The smallest absolute Gasteiger partial charge is 0.123 e. The van der Waals surface area contributed by atoms with E-state index in [1.165, 1.54) is 96.3 Å². The van der Waals surface area contributed by atoms with E-state index in [0.717, 1.165) is 13.0 Å². The van der Waals surface area contributed by atoms with Crippen LogP contribution in [-0.2, 0) is 9.47 Å². The maximum atomic E-state index is 5.43. The van der Waals surface area contributed by atoms with Crippen LogP contribution in [0.4, 0.5) is 0 Å². The Morgan fingerprint density at radius 2 is 0.958 bits per heavy atom. The Kier molecular flexibility index (Phi) is 21.7. The van der Waals surface area contributed by atoms with Crippen molar-refractivity contribution in [2.45, 2.75) is 110 Å². The highest BCUT2D eigenvalue weighted by Crippen LogP contribution is 2.13. The van der Waals surface area contributed by atoms with Crippen molar-refractivity contribution in [3.05, 3.63) is 0 Å². The van der Waals surface area contributed by atoms with Gasteiger partial charge in [-0.25, -0.2) is 0 Å². The highest BCUT2D eigenvalue weighted by Gasteiger charge is 1.95. The number of terminal acetylenes is 1. The van der Waals surface area contributed by atoms with Gasteiger partial charge in [-0.15, -0.1) is 0 Å². The molecule has 0 unspecified atom stereocenters. The van der Waals surface area contributed by atoms with Crippen LogP contribution in [0.3, 0.4) is 0 Å². The summed E-state index contributed by atoms with van der Waals surface area (Å²) in [6.45, 7) is 4.25. The number of hydrogen-bond acceptors (Lipinski definition) is 2. The molecule has 0 N–H and O–H groups in total. The average Bonchev–Trinajstić information content (AvgIpc) is 2.60. The zero-order chi connectivity index (χ0) is 17.6. The minimum absolute atomic E-state index is 0.509. The molecule has 0 aliphatic carbocycles. The fraction of sp³-hybridized carbons (Fsp3) is 0.909. The van der Waals surface area contributed by atoms with Crippen molar-refractivity contribution in [3.8, 4) is 12.5 Å². The van der Waals surface area contributed by atoms with Crippen molar-refractivity contribution in [2.75, 3.05) is 19.8 Å². The van der Waals surface area contributed by atoms with Gasteiger partial charge >= 0.3 is 0 Å². The molecule has 0 aromatic carbocycles. The third-order valence-corrected chi connectivity index (χ3v) is 4.56. The normalized spacial score (nSPS) is 10.7. The molecule has 0 aliphatic rings. The van der Waals surface area contributed by atoms with Crippen molar-refractivity contribution >= 4 is 0 Å². The Bertz CT molecular complexity index is 257. The summed E-state index contributed by atoms with van der Waals surface area (Å²) in [5.74, 6) is 0. The third kappa shape index (κ3) is 21.3. The van der Waals surface area contributed by atoms with Crippen LogP contribution in [0.1, 0.15) is 110 Å². The van der Waals surface area contributed by atoms with E-state index in [9.17, 15) is 0 Å². The zero-order valence-corrected chi connectivity index (χ0v) is 16.3. The van der Waals surface area contributed by atoms with Gasteiger partial charge in [0.2, 0.25) is 0 Å². The summed E-state index contributed by atoms with van der Waals surface area (Å²) in [4.78, 5) is 0. The second-order valence-corrected chi connectivity index (χ2v) is 6.88. The quantitative estimate of drug-likeness (QED) is 0.178. The van der Waals surface area contributed by atoms with Crippen LogP contribution >= 0.6 is 0 Å². The molecule has 0 amide bonds. The molecular formula is C22H42O2. The molecule has 0 atom stereocenters. The molecule has 0 fully saturated rings. The van der Waals surface area contributed by atoms with E-state index in [-0.39, 0.29) is 0 Å². The van der Waals surface area contributed by atoms with Crippen LogP contribution in [-0.4, -0.2) is 19.8 Å². The lowest BCUT2D eigenvalue weighted by atomic mass is 10.0. The molecular weight excluding hydrogens is 296 g/mol. The molecule has 142 valence electrons. The van der Waals surface area contributed by atoms with Crippen molar-refractivity contribution in [1.82, 2.24) is 0 Å². The Labute approximate surface area is 152 Å². The molecule has 2 heteroatoms. The number of ether oxygens (including phenoxy) is 2. The largest absolute Gasteiger partial charge is 0.444 e. The molecule has 0 aliphatic heterocycles. The van der Waals surface area contributed by atoms with E-state index in [2.05, 4.69) is 13.0 Å². The lowest BCUT2D eigenvalue weighted by molar-refractivity contribution is 0.0884. The molecule has 0 aromatic heterocycles. The van der Waals surface area contributed by atoms with E-state index >= 15 is 0 Å². The van der Waals surface area contributed by atoms with E-state index in [0.29, 0.717) is 13.2 Å². The lowest BCUT2D eigenvalue weighted by Crippen LogP contribution is -2.02. The van der Waals surface area contributed by atoms with Gasteiger partial charge in [0.15, 0.2) is 0 Å². The molecule has 2 nitrogen and oxygen atoms in total. The monoisotopic (exact) mass is 338 g/mol. The molecule has 0 radical (unpaired) electrons. The van der Waals surface area contributed by atoms with Gasteiger partial charge in [0, 0.05) is 6.61 Å². The first kappa shape index (κ1) is 23.3. The summed E-state index contributed by atoms with van der Waals surface area (Å²) in [6.07, 6.45) is 29.5. The molecule has 0 aromatic rings. The highest BCUT2D eigenvalue weighted by molar-refractivity contribution is 4.67. The van der Waals surface area contributed by atoms with Gasteiger partial charge < -0.3 is 9.47 Å². The summed E-state index contributed by atoms with van der Waals surface area (Å²) >= 11 is 0. The Morgan fingerprint density at radius 1 is 0.542 bits per heavy atom. The molecule has 0 rings (SSSR count). The van der Waals surface area contributed by atoms with Gasteiger partial charge in [0.1, 0.15) is 12.7 Å². The predicted octanol–water partition coefficient (Wildman–Crippen LogP) is 6.87. The van der Waals surface area contributed by atoms with E-state index in [1.807, 2.05) is 0 Å². The Hall–Kier alpha value is -0.680. The Morgan fingerprint density at radius 3 is 1.38 bits per heavy atom. The minimum atomic E-state index is 0.509. The highest BCUT2D eigenvalue weighted by atomic mass is 16.5. The van der Waals surface area contributed by atoms with E-state index in [1.54, 1.807) is 0 Å². The fourth-order valence-electron chi connectivity index (χ4n) is 3.01. The number of rotatable bonds is 20. The number of unbranched alkanes of at least 4 members (excludes halogenated alkanes) is 15. The van der Waals surface area contributed by atoms with Crippen LogP contribution < -0.4 is 0 Å². The molecule has 0 bridgehead atoms. The Balaban J connectivity index is 2.94. The van der Waals surface area contributed by atoms with Gasteiger partial charge in [-0.05, 0) is 6.42 Å². The predicted molar refractivity (Wildman–Crippen MR) is 105 cm³/mol. The fourth-order valence-corrected chi connectivity index (χ4v) is 3.01. The second-order valence-electron chi connectivity index (χ2n) is 6.88. The summed E-state index contributed by atoms with van der Waals surface area (Å²) in [5.41, 5.74) is 0. The van der Waals surface area contributed by atoms with Crippen LogP contribution in [0.5, 0.6) is 0 Å². The second kappa shape index (κ2) is 22.3. The zero-order valence-electron chi connectivity index (χ0n) is 16.3. The van der Waals surface area contributed by atoms with Gasteiger partial charge in [0.05, 0.1) is 6.61 Å². The molecule has 0 saturated heterocycles. The van der Waals surface area contributed by atoms with Crippen molar-refractivity contribution in [1.29, 1.82) is 0 Å². The van der Waals surface area contributed by atoms with Gasteiger partial charge in [-0.2, -0.15) is 0 Å². The van der Waals surface area contributed by atoms with Crippen LogP contribution in [0.2, 0.25) is 0 Å². The average molecular weight is 339 g/mol. The van der Waals surface area contributed by atoms with Crippen molar-refractivity contribution in [3.63, 3.8) is 0 Å². The number of hydrogen-bond donors (Lipinski definition) is 0. The topological polar surface area (TPSA) is 18.5 Å². The standard InChI is InChI=1S/C22H42O2/c1-3-5-6-7-8-9-10-11-12-13-14-15-16-17-18-19-20-24-22-21-23-4-2/h2H,3,5-22H2,1H3. The molecule has 0 spiro atoms. The maximum absolute atomic E-state index is 5.43. The summed E-state index contributed by atoms with van der Waals surface area (Å²) in [5, 5.41) is 0. The van der Waals surface area contributed by atoms with E-state index < -0.39 is 0 Å². The summed E-state index contributed by atoms with van der Waals surface area (Å²) in [6, 6.07) is 0. The van der Waals surface area contributed by atoms with Gasteiger partial charge in [-0.1, -0.05) is 110 Å². The van der Waals surface area contributed by atoms with E-state index in [4.69, 9.17) is 15.9 Å². The van der Waals surface area contributed by atoms with Crippen LogP contribution in [0, 0.1) is 12.5 Å². The van der Waals surface area contributed by atoms with Crippen molar-refractivity contribution < 1.29 is 9.47 Å². The molecule has 0 saturated carbocycles. The SMILES string of the molecule is C#COCCOCCCCCCCCCCCCCCCCCC. The lowest BCUT2D eigenvalue weighted by Gasteiger charge is -2.04. The first-order chi connectivity index (χ1) is 11.9. The third-order valence-electron chi connectivity index (χ3n) is 4.56. The van der Waals surface area contributed by atoms with Gasteiger partial charge in [0.25, 0.3) is 0 Å². The summed E-state index contributed by atoms with van der Waals surface area (Å²) < 4.78 is 10.2. The molecule has 0 heterocycles. The first-order valence-electron chi connectivity index (χ1n) is 10.6. The van der Waals surface area contributed by atoms with Crippen molar-refractivity contribution in [2.24, 2.45) is 0 Å².